The second-order valence-corrected chi connectivity index (χ2v) is 12.1. The molecule has 0 fully saturated rings. The fraction of sp³-hybridized carbons (Fsp3) is 0.471. The van der Waals surface area contributed by atoms with Crippen LogP contribution in [0.25, 0.3) is 6.08 Å². The average molecular weight is 665 g/mol. The number of carboxylic acid groups (broad SMARTS) is 2. The minimum atomic E-state index is -0.832. The first-order valence-corrected chi connectivity index (χ1v) is 16.5. The topological polar surface area (TPSA) is 127 Å². The van der Waals surface area contributed by atoms with E-state index in [1.165, 1.54) is 16.7 Å². The molecule has 0 saturated heterocycles. The van der Waals surface area contributed by atoms with Crippen molar-refractivity contribution in [3.05, 3.63) is 86.6 Å². The molecule has 238 valence electrons. The Morgan fingerprint density at radius 2 is 1.30 bits per heavy atom. The van der Waals surface area contributed by atoms with Crippen molar-refractivity contribution in [1.29, 1.82) is 0 Å². The van der Waals surface area contributed by atoms with Gasteiger partial charge in [-0.25, -0.2) is 0 Å². The van der Waals surface area contributed by atoms with Gasteiger partial charge in [0.05, 0.1) is 0 Å². The van der Waals surface area contributed by atoms with Gasteiger partial charge in [0.25, 0.3) is 0 Å². The first-order valence-electron chi connectivity index (χ1n) is 15.0. The van der Waals surface area contributed by atoms with Crippen LogP contribution in [0.15, 0.2) is 41.5 Å². The molecule has 3 aliphatic rings. The van der Waals surface area contributed by atoms with Crippen LogP contribution in [0.4, 0.5) is 0 Å². The fourth-order valence-electron chi connectivity index (χ4n) is 7.31. The Kier molecular flexibility index (Phi) is 11.2. The molecule has 0 amide bonds. The van der Waals surface area contributed by atoms with E-state index in [1.807, 2.05) is 12.2 Å². The van der Waals surface area contributed by atoms with Crippen LogP contribution < -0.4 is 20.6 Å². The Morgan fingerprint density at radius 3 is 1.93 bits per heavy atom. The number of carboxylic acids is 2. The number of rotatable bonds is 8. The van der Waals surface area contributed by atoms with Gasteiger partial charge in [0.1, 0.15) is 0 Å². The van der Waals surface area contributed by atoms with E-state index in [4.69, 9.17) is 9.97 Å². The maximum absolute atomic E-state index is 11.6. The summed E-state index contributed by atoms with van der Waals surface area (Å²) in [5.41, 5.74) is 13.0. The van der Waals surface area contributed by atoms with E-state index in [0.717, 1.165) is 57.0 Å². The first-order chi connectivity index (χ1) is 21.0. The van der Waals surface area contributed by atoms with E-state index in [9.17, 15) is 19.8 Å². The third kappa shape index (κ3) is 6.87. The molecule has 0 aliphatic carbocycles. The van der Waals surface area contributed by atoms with E-state index in [2.05, 4.69) is 76.5 Å². The third-order valence-corrected chi connectivity index (χ3v) is 9.74. The molecule has 8 bridgehead atoms. The third-order valence-electron chi connectivity index (χ3n) is 9.74. The second kappa shape index (κ2) is 14.5. The van der Waals surface area contributed by atoms with Crippen molar-refractivity contribution in [2.24, 2.45) is 0 Å². The van der Waals surface area contributed by atoms with Crippen molar-refractivity contribution < 1.29 is 34.6 Å². The summed E-state index contributed by atoms with van der Waals surface area (Å²) in [6, 6.07) is 0.0867. The SMILES string of the molecule is C=CC1=C(C)C2Cc3[n-]c(c(C)c3C=C)CC3NC(Cc4[n-]c(c(C)c4CCC(=O)O)CC1N2)C(CCC(=O)O)=C3C.[Cl][Co+2]. The molecule has 0 saturated carbocycles. The van der Waals surface area contributed by atoms with Crippen LogP contribution in [-0.4, -0.2) is 46.3 Å². The molecule has 44 heavy (non-hydrogen) atoms. The van der Waals surface area contributed by atoms with Gasteiger partial charge in [0.2, 0.25) is 0 Å². The quantitative estimate of drug-likeness (QED) is 0.296. The van der Waals surface area contributed by atoms with Gasteiger partial charge in [-0.1, -0.05) is 58.7 Å². The van der Waals surface area contributed by atoms with Gasteiger partial charge in [0.15, 0.2) is 0 Å². The standard InChI is InChI=1S/C34H42N4O4.ClH.Co/c1-7-21-17(3)25-13-26-19(5)23(9-11-33(39)40)31(37-26)16-32-24(10-12-34(41)42)20(6)28(38-32)15-30-22(8-2)18(4)27(36-30)14-29(21)35-25;;/h7-8,26-27,30-31,36-37H,1-2,9-16H2,3-6H3,(H,39,40)(H,41,42);1H;/q-2;;+3/p-1. The van der Waals surface area contributed by atoms with E-state index < -0.39 is 11.9 Å². The Balaban J connectivity index is 0.00000216. The molecule has 2 aromatic heterocycles. The monoisotopic (exact) mass is 664 g/mol. The second-order valence-electron chi connectivity index (χ2n) is 12.1. The van der Waals surface area contributed by atoms with Crippen molar-refractivity contribution in [2.75, 3.05) is 0 Å². The zero-order valence-electron chi connectivity index (χ0n) is 25.9. The van der Waals surface area contributed by atoms with E-state index in [0.29, 0.717) is 32.1 Å². The van der Waals surface area contributed by atoms with Crippen LogP contribution in [0.2, 0.25) is 0 Å². The summed E-state index contributed by atoms with van der Waals surface area (Å²) in [7, 11) is 4.33. The average Bonchev–Trinajstić information content (AvgIpc) is 3.64. The molecule has 10 heteroatoms. The van der Waals surface area contributed by atoms with Crippen LogP contribution in [-0.2, 0) is 56.5 Å². The van der Waals surface area contributed by atoms with E-state index >= 15 is 0 Å². The number of aliphatic carboxylic acids is 2. The molecule has 8 nitrogen and oxygen atoms in total. The minimum absolute atomic E-state index is 0.0202. The Hall–Kier alpha value is -2.82. The summed E-state index contributed by atoms with van der Waals surface area (Å²) >= 11 is 3.03. The Bertz CT molecular complexity index is 1520. The number of carbonyl (C=O) groups is 2. The molecule has 3 aliphatic heterocycles. The molecule has 5 rings (SSSR count). The molecular formula is C34H42ClCoN4O4. The van der Waals surface area contributed by atoms with Crippen LogP contribution >= 0.6 is 10.1 Å². The normalized spacial score (nSPS) is 23.0. The van der Waals surface area contributed by atoms with Crippen molar-refractivity contribution in [3.8, 4) is 0 Å². The zero-order valence-corrected chi connectivity index (χ0v) is 27.6. The zero-order chi connectivity index (χ0) is 32.3. The summed E-state index contributed by atoms with van der Waals surface area (Å²) in [5, 5.41) is 26.6. The molecule has 5 heterocycles. The predicted molar refractivity (Wildman–Crippen MR) is 170 cm³/mol. The molecule has 0 radical (unpaired) electrons. The van der Waals surface area contributed by atoms with Gasteiger partial charge in [-0.2, -0.15) is 22.8 Å². The summed E-state index contributed by atoms with van der Waals surface area (Å²) in [4.78, 5) is 33.5. The van der Waals surface area contributed by atoms with Gasteiger partial charge in [0, 0.05) is 37.0 Å². The van der Waals surface area contributed by atoms with E-state index in [-0.39, 0.29) is 37.0 Å². The van der Waals surface area contributed by atoms with Crippen LogP contribution in [0.5, 0.6) is 0 Å². The summed E-state index contributed by atoms with van der Waals surface area (Å²) in [5.74, 6) is -1.65. The predicted octanol–water partition coefficient (Wildman–Crippen LogP) is 4.81. The van der Waals surface area contributed by atoms with Crippen molar-refractivity contribution in [2.45, 2.75) is 103 Å². The first kappa shape index (κ1) is 34.1. The van der Waals surface area contributed by atoms with E-state index in [1.54, 1.807) is 0 Å². The molecule has 0 spiro atoms. The summed E-state index contributed by atoms with van der Waals surface area (Å²) in [6.45, 7) is 16.7. The number of hydrogen-bond donors (Lipinski definition) is 4. The number of nitrogens with one attached hydrogen (secondary N) is 2. The fourth-order valence-corrected chi connectivity index (χ4v) is 7.31. The summed E-state index contributed by atoms with van der Waals surface area (Å²) in [6.07, 6.45) is 7.53. The summed E-state index contributed by atoms with van der Waals surface area (Å²) < 4.78 is 0. The molecule has 4 atom stereocenters. The van der Waals surface area contributed by atoms with Gasteiger partial charge >= 0.3 is 36.9 Å². The maximum atomic E-state index is 11.6. The number of halogens is 1. The number of hydrogen-bond acceptors (Lipinski definition) is 4. The molecular weight excluding hydrogens is 623 g/mol. The van der Waals surface area contributed by atoms with Crippen molar-refractivity contribution >= 4 is 28.2 Å². The van der Waals surface area contributed by atoms with Gasteiger partial charge in [-0.05, 0) is 77.4 Å². The van der Waals surface area contributed by atoms with Crippen molar-refractivity contribution in [1.82, 2.24) is 20.6 Å². The van der Waals surface area contributed by atoms with Gasteiger partial charge in [-0.15, -0.1) is 0 Å². The molecule has 2 aromatic rings. The van der Waals surface area contributed by atoms with Gasteiger partial charge in [-0.3, -0.25) is 9.59 Å². The molecule has 4 unspecified atom stereocenters. The Morgan fingerprint density at radius 1 is 0.773 bits per heavy atom. The molecule has 0 aromatic carbocycles. The molecule has 4 N–H and O–H groups in total. The van der Waals surface area contributed by atoms with Crippen LogP contribution in [0.3, 0.4) is 0 Å². The van der Waals surface area contributed by atoms with Crippen LogP contribution in [0.1, 0.15) is 78.1 Å². The number of aromatic nitrogens is 2. The Labute approximate surface area is 272 Å². The number of fused-ring (bicyclic) bond motifs is 8. The van der Waals surface area contributed by atoms with Gasteiger partial charge < -0.3 is 30.8 Å². The van der Waals surface area contributed by atoms with Crippen molar-refractivity contribution in [3.63, 3.8) is 0 Å². The van der Waals surface area contributed by atoms with Crippen LogP contribution in [0, 0.1) is 13.8 Å². The number of nitrogens with zero attached hydrogens (tertiary/aromatic N) is 2.